The van der Waals surface area contributed by atoms with Gasteiger partial charge in [-0.3, -0.25) is 4.79 Å². The molecule has 3 nitrogen and oxygen atoms in total. The van der Waals surface area contributed by atoms with E-state index in [1.807, 2.05) is 13.0 Å². The fourth-order valence-electron chi connectivity index (χ4n) is 6.39. The zero-order valence-electron chi connectivity index (χ0n) is 15.8. The van der Waals surface area contributed by atoms with Gasteiger partial charge in [-0.15, -0.1) is 0 Å². The van der Waals surface area contributed by atoms with E-state index in [-0.39, 0.29) is 17.3 Å². The number of carbonyl (C=O) groups excluding carboxylic acids is 1. The summed E-state index contributed by atoms with van der Waals surface area (Å²) in [6, 6.07) is 6.41. The molecule has 0 bridgehead atoms. The zero-order valence-corrected chi connectivity index (χ0v) is 15.8. The van der Waals surface area contributed by atoms with Gasteiger partial charge >= 0.3 is 0 Å². The first-order chi connectivity index (χ1) is 12.5. The third-order valence-electron chi connectivity index (χ3n) is 7.91. The molecular weight excluding hydrogens is 324 g/mol. The first-order valence-corrected chi connectivity index (χ1v) is 10.3. The Balaban J connectivity index is 1.55. The van der Waals surface area contributed by atoms with Crippen LogP contribution in [-0.4, -0.2) is 17.0 Å². The van der Waals surface area contributed by atoms with Gasteiger partial charge in [0, 0.05) is 11.8 Å². The van der Waals surface area contributed by atoms with Gasteiger partial charge in [-0.05, 0) is 91.0 Å². The summed E-state index contributed by atoms with van der Waals surface area (Å²) in [5.41, 5.74) is 3.87. The van der Waals surface area contributed by atoms with Crippen LogP contribution in [0.25, 0.3) is 11.0 Å². The van der Waals surface area contributed by atoms with Crippen LogP contribution < -0.4 is 0 Å². The number of rotatable bonds is 2. The minimum Gasteiger partial charge on any atom is -0.453 e. The summed E-state index contributed by atoms with van der Waals surface area (Å²) >= 11 is 0. The molecule has 3 heteroatoms. The topological polar surface area (TPSA) is 50.4 Å². The Morgan fingerprint density at radius 2 is 2.08 bits per heavy atom. The Kier molecular flexibility index (Phi) is 3.62. The maximum absolute atomic E-state index is 12.0. The summed E-state index contributed by atoms with van der Waals surface area (Å²) in [7, 11) is 0. The summed E-state index contributed by atoms with van der Waals surface area (Å²) in [4.78, 5) is 12.0. The van der Waals surface area contributed by atoms with Crippen molar-refractivity contribution >= 4 is 16.8 Å². The van der Waals surface area contributed by atoms with Crippen LogP contribution in [0.1, 0.15) is 80.0 Å². The molecule has 0 aliphatic heterocycles. The fourth-order valence-corrected chi connectivity index (χ4v) is 6.39. The van der Waals surface area contributed by atoms with E-state index in [0.29, 0.717) is 29.9 Å². The fraction of sp³-hybridized carbons (Fsp3) is 0.609. The molecule has 1 aromatic carbocycles. The number of hydrogen-bond donors (Lipinski definition) is 1. The van der Waals surface area contributed by atoms with Gasteiger partial charge in [0.05, 0.1) is 6.10 Å². The van der Waals surface area contributed by atoms with Crippen LogP contribution >= 0.6 is 0 Å². The van der Waals surface area contributed by atoms with Gasteiger partial charge in [0.2, 0.25) is 0 Å². The molecule has 2 aromatic rings. The highest BCUT2D eigenvalue weighted by molar-refractivity contribution is 5.97. The highest BCUT2D eigenvalue weighted by Gasteiger charge is 2.54. The third-order valence-corrected chi connectivity index (χ3v) is 7.91. The molecule has 138 valence electrons. The summed E-state index contributed by atoms with van der Waals surface area (Å²) in [5, 5.41) is 11.6. The van der Waals surface area contributed by atoms with Crippen LogP contribution in [0.15, 0.2) is 22.6 Å². The van der Waals surface area contributed by atoms with Crippen LogP contribution in [0.4, 0.5) is 0 Å². The Labute approximate surface area is 154 Å². The van der Waals surface area contributed by atoms with Gasteiger partial charge in [-0.2, -0.15) is 0 Å². The van der Waals surface area contributed by atoms with Crippen LogP contribution in [0.3, 0.4) is 0 Å². The number of benzene rings is 1. The molecule has 0 saturated heterocycles. The van der Waals surface area contributed by atoms with Crippen molar-refractivity contribution in [1.82, 2.24) is 0 Å². The van der Waals surface area contributed by atoms with Gasteiger partial charge in [-0.1, -0.05) is 13.8 Å². The molecule has 0 spiro atoms. The van der Waals surface area contributed by atoms with E-state index in [9.17, 15) is 9.90 Å². The molecule has 1 aromatic heterocycles. The maximum Gasteiger partial charge on any atom is 0.197 e. The lowest BCUT2D eigenvalue weighted by Gasteiger charge is -2.50. The summed E-state index contributed by atoms with van der Waals surface area (Å²) in [6.07, 6.45) is 7.12. The second-order valence-electron chi connectivity index (χ2n) is 9.03. The number of furan rings is 1. The van der Waals surface area contributed by atoms with Gasteiger partial charge in [0.1, 0.15) is 5.58 Å². The van der Waals surface area contributed by atoms with Crippen LogP contribution in [0, 0.1) is 17.3 Å². The Hall–Kier alpha value is -1.61. The molecule has 5 rings (SSSR count). The van der Waals surface area contributed by atoms with Crippen LogP contribution in [0.5, 0.6) is 0 Å². The Morgan fingerprint density at radius 3 is 2.88 bits per heavy atom. The van der Waals surface area contributed by atoms with Gasteiger partial charge in [0.15, 0.2) is 11.5 Å². The van der Waals surface area contributed by atoms with Crippen LogP contribution in [-0.2, 0) is 6.42 Å². The van der Waals surface area contributed by atoms with Crippen molar-refractivity contribution in [2.24, 2.45) is 17.3 Å². The first kappa shape index (κ1) is 16.6. The molecule has 3 aliphatic carbocycles. The van der Waals surface area contributed by atoms with Gasteiger partial charge in [-0.25, -0.2) is 0 Å². The van der Waals surface area contributed by atoms with Crippen molar-refractivity contribution in [2.75, 3.05) is 0 Å². The zero-order chi connectivity index (χ0) is 18.1. The SMILES string of the molecule is CCC(=O)c1cc2cc3c(cc2o1)CC[C@@H]1[C@@H]3CC[C@]2(C)[C@@H](O)CC[C@@H]12. The minimum absolute atomic E-state index is 0.0745. The summed E-state index contributed by atoms with van der Waals surface area (Å²) < 4.78 is 5.84. The minimum atomic E-state index is -0.117. The van der Waals surface area contributed by atoms with Crippen molar-refractivity contribution in [3.05, 3.63) is 35.1 Å². The number of aryl methyl sites for hydroxylation is 1. The number of aliphatic hydroxyl groups is 1. The summed E-state index contributed by atoms with van der Waals surface area (Å²) in [6.45, 7) is 4.20. The lowest BCUT2D eigenvalue weighted by molar-refractivity contribution is -0.0225. The van der Waals surface area contributed by atoms with Gasteiger partial charge < -0.3 is 9.52 Å². The van der Waals surface area contributed by atoms with Crippen LogP contribution in [0.2, 0.25) is 0 Å². The Bertz CT molecular complexity index is 879. The number of fused-ring (bicyclic) bond motifs is 6. The molecule has 0 radical (unpaired) electrons. The molecule has 3 aliphatic rings. The monoisotopic (exact) mass is 352 g/mol. The summed E-state index contributed by atoms with van der Waals surface area (Å²) in [5.74, 6) is 2.52. The molecule has 5 atom stereocenters. The third kappa shape index (κ3) is 2.19. The number of aliphatic hydroxyl groups excluding tert-OH is 1. The van der Waals surface area contributed by atoms with Crippen molar-refractivity contribution in [2.45, 2.75) is 70.8 Å². The van der Waals surface area contributed by atoms with E-state index < -0.39 is 0 Å². The van der Waals surface area contributed by atoms with Crippen molar-refractivity contribution in [1.29, 1.82) is 0 Å². The highest BCUT2D eigenvalue weighted by atomic mass is 16.3. The van der Waals surface area contributed by atoms with Crippen molar-refractivity contribution in [3.63, 3.8) is 0 Å². The van der Waals surface area contributed by atoms with E-state index in [1.54, 1.807) is 0 Å². The van der Waals surface area contributed by atoms with Gasteiger partial charge in [0.25, 0.3) is 0 Å². The van der Waals surface area contributed by atoms with E-state index in [4.69, 9.17) is 4.42 Å². The Morgan fingerprint density at radius 1 is 1.23 bits per heavy atom. The van der Waals surface area contributed by atoms with E-state index >= 15 is 0 Å². The molecule has 1 heterocycles. The molecule has 2 saturated carbocycles. The second kappa shape index (κ2) is 5.69. The molecule has 0 unspecified atom stereocenters. The average Bonchev–Trinajstić information content (AvgIpc) is 3.19. The number of Topliss-reactive ketones (excluding diaryl/α,β-unsaturated/α-hetero) is 1. The highest BCUT2D eigenvalue weighted by Crippen LogP contribution is 2.61. The molecule has 0 amide bonds. The standard InChI is InChI=1S/C23H28O3/c1-3-19(24)21-12-14-10-17-13(11-20(14)26-21)4-5-16-15(17)8-9-23(2)18(16)6-7-22(23)25/h10-12,15-16,18,22,25H,3-9H2,1-2H3/t15-,16+,18-,22-,23-/m0/s1. The van der Waals surface area contributed by atoms with E-state index in [2.05, 4.69) is 19.1 Å². The number of ketones is 1. The number of carbonyl (C=O) groups is 1. The molecule has 1 N–H and O–H groups in total. The van der Waals surface area contributed by atoms with E-state index in [0.717, 1.165) is 30.2 Å². The van der Waals surface area contributed by atoms with Crippen molar-refractivity contribution < 1.29 is 14.3 Å². The normalized spacial score (nSPS) is 35.8. The first-order valence-electron chi connectivity index (χ1n) is 10.3. The second-order valence-corrected chi connectivity index (χ2v) is 9.03. The maximum atomic E-state index is 12.0. The molecule has 26 heavy (non-hydrogen) atoms. The number of hydrogen-bond acceptors (Lipinski definition) is 3. The predicted molar refractivity (Wildman–Crippen MR) is 101 cm³/mol. The van der Waals surface area contributed by atoms with Crippen molar-refractivity contribution in [3.8, 4) is 0 Å². The predicted octanol–water partition coefficient (Wildman–Crippen LogP) is 5.24. The largest absolute Gasteiger partial charge is 0.453 e. The molecule has 2 fully saturated rings. The lowest BCUT2D eigenvalue weighted by Crippen LogP contribution is -2.43. The quantitative estimate of drug-likeness (QED) is 0.752. The lowest BCUT2D eigenvalue weighted by atomic mass is 9.55. The van der Waals surface area contributed by atoms with E-state index in [1.165, 1.54) is 30.4 Å². The smallest absolute Gasteiger partial charge is 0.197 e. The average molecular weight is 352 g/mol. The molecular formula is C23H28O3.